The van der Waals surface area contributed by atoms with Crippen LogP contribution < -0.4 is 5.32 Å². The van der Waals surface area contributed by atoms with Crippen LogP contribution in [0.15, 0.2) is 17.5 Å². The molecule has 1 N–H and O–H groups in total. The predicted molar refractivity (Wildman–Crippen MR) is 88.7 cm³/mol. The van der Waals surface area contributed by atoms with Gasteiger partial charge >= 0.3 is 5.97 Å². The SMILES string of the molecule is CCC(C)C(NC(=O)CN(CC)Cc1cccs1)C(=O)OC. The number of amides is 1. The first kappa shape index (κ1) is 18.6. The zero-order chi connectivity index (χ0) is 16.5. The van der Waals surface area contributed by atoms with Crippen molar-refractivity contribution in [3.05, 3.63) is 22.4 Å². The van der Waals surface area contributed by atoms with E-state index in [2.05, 4.69) is 11.4 Å². The van der Waals surface area contributed by atoms with Gasteiger partial charge in [-0.05, 0) is 23.9 Å². The summed E-state index contributed by atoms with van der Waals surface area (Å²) in [6, 6.07) is 3.48. The second-order valence-corrected chi connectivity index (χ2v) is 6.37. The number of hydrogen-bond donors (Lipinski definition) is 1. The molecule has 2 unspecified atom stereocenters. The number of carbonyl (C=O) groups is 2. The molecule has 1 aromatic rings. The topological polar surface area (TPSA) is 58.6 Å². The summed E-state index contributed by atoms with van der Waals surface area (Å²) in [5.41, 5.74) is 0. The Morgan fingerprint density at radius 2 is 2.14 bits per heavy atom. The lowest BCUT2D eigenvalue weighted by Gasteiger charge is -2.24. The van der Waals surface area contributed by atoms with Crippen LogP contribution in [0.3, 0.4) is 0 Å². The Labute approximate surface area is 136 Å². The van der Waals surface area contributed by atoms with E-state index in [0.29, 0.717) is 0 Å². The van der Waals surface area contributed by atoms with Crippen molar-refractivity contribution >= 4 is 23.2 Å². The third-order valence-electron chi connectivity index (χ3n) is 3.76. The highest BCUT2D eigenvalue weighted by molar-refractivity contribution is 7.09. The number of esters is 1. The van der Waals surface area contributed by atoms with Crippen LogP contribution in [0.1, 0.15) is 32.1 Å². The fourth-order valence-electron chi connectivity index (χ4n) is 2.12. The average molecular weight is 326 g/mol. The van der Waals surface area contributed by atoms with Gasteiger partial charge in [0, 0.05) is 11.4 Å². The number of rotatable bonds is 9. The van der Waals surface area contributed by atoms with E-state index >= 15 is 0 Å². The van der Waals surface area contributed by atoms with Gasteiger partial charge in [-0.3, -0.25) is 9.69 Å². The standard InChI is InChI=1S/C16H26N2O3S/c1-5-12(3)15(16(20)21-4)17-14(19)11-18(6-2)10-13-8-7-9-22-13/h7-9,12,15H,5-6,10-11H2,1-4H3,(H,17,19). The second kappa shape index (κ2) is 9.58. The maximum absolute atomic E-state index is 12.2. The average Bonchev–Trinajstić information content (AvgIpc) is 3.03. The van der Waals surface area contributed by atoms with Crippen LogP contribution in [0, 0.1) is 5.92 Å². The summed E-state index contributed by atoms with van der Waals surface area (Å²) in [5, 5.41) is 4.84. The first-order valence-corrected chi connectivity index (χ1v) is 8.51. The van der Waals surface area contributed by atoms with Crippen LogP contribution in [-0.4, -0.2) is 43.0 Å². The zero-order valence-electron chi connectivity index (χ0n) is 13.8. The quantitative estimate of drug-likeness (QED) is 0.707. The van der Waals surface area contributed by atoms with Crippen molar-refractivity contribution in [1.29, 1.82) is 0 Å². The number of likely N-dealkylation sites (N-methyl/N-ethyl adjacent to an activating group) is 1. The van der Waals surface area contributed by atoms with E-state index in [1.54, 1.807) is 11.3 Å². The molecule has 1 rings (SSSR count). The molecule has 0 saturated heterocycles. The Kier molecular flexibility index (Phi) is 8.12. The fourth-order valence-corrected chi connectivity index (χ4v) is 2.87. The molecule has 2 atom stereocenters. The minimum atomic E-state index is -0.581. The Morgan fingerprint density at radius 3 is 2.64 bits per heavy atom. The lowest BCUT2D eigenvalue weighted by molar-refractivity contribution is -0.146. The minimum absolute atomic E-state index is 0.0452. The van der Waals surface area contributed by atoms with Crippen LogP contribution in [0.5, 0.6) is 0 Å². The van der Waals surface area contributed by atoms with Gasteiger partial charge < -0.3 is 10.1 Å². The molecular weight excluding hydrogens is 300 g/mol. The van der Waals surface area contributed by atoms with Crippen LogP contribution in [0.25, 0.3) is 0 Å². The van der Waals surface area contributed by atoms with Crippen LogP contribution >= 0.6 is 11.3 Å². The van der Waals surface area contributed by atoms with Crippen LogP contribution in [0.2, 0.25) is 0 Å². The van der Waals surface area contributed by atoms with Gasteiger partial charge in [-0.1, -0.05) is 33.3 Å². The number of hydrogen-bond acceptors (Lipinski definition) is 5. The number of nitrogens with one attached hydrogen (secondary N) is 1. The maximum atomic E-state index is 12.2. The molecule has 6 heteroatoms. The Balaban J connectivity index is 2.59. The van der Waals surface area contributed by atoms with Crippen molar-refractivity contribution in [3.63, 3.8) is 0 Å². The molecule has 0 bridgehead atoms. The lowest BCUT2D eigenvalue weighted by Crippen LogP contribution is -2.48. The summed E-state index contributed by atoms with van der Waals surface area (Å²) in [5.74, 6) is -0.484. The minimum Gasteiger partial charge on any atom is -0.467 e. The molecule has 0 spiro atoms. The summed E-state index contributed by atoms with van der Waals surface area (Å²) >= 11 is 1.68. The molecule has 0 fully saturated rings. The molecular formula is C16H26N2O3S. The van der Waals surface area contributed by atoms with E-state index in [-0.39, 0.29) is 24.3 Å². The molecule has 0 aliphatic rings. The molecule has 0 saturated carbocycles. The first-order chi connectivity index (χ1) is 10.5. The second-order valence-electron chi connectivity index (χ2n) is 5.34. The van der Waals surface area contributed by atoms with E-state index in [1.165, 1.54) is 12.0 Å². The van der Waals surface area contributed by atoms with Gasteiger partial charge in [0.15, 0.2) is 0 Å². The Bertz CT molecular complexity index is 462. The van der Waals surface area contributed by atoms with Crippen LogP contribution in [-0.2, 0) is 20.9 Å². The van der Waals surface area contributed by atoms with E-state index in [4.69, 9.17) is 4.74 Å². The van der Waals surface area contributed by atoms with Gasteiger partial charge in [-0.2, -0.15) is 0 Å². The summed E-state index contributed by atoms with van der Waals surface area (Å²) < 4.78 is 4.79. The van der Waals surface area contributed by atoms with Crippen molar-refractivity contribution in [2.45, 2.75) is 39.8 Å². The fraction of sp³-hybridized carbons (Fsp3) is 0.625. The van der Waals surface area contributed by atoms with Gasteiger partial charge in [-0.25, -0.2) is 4.79 Å². The molecule has 1 heterocycles. The molecule has 1 aromatic heterocycles. The monoisotopic (exact) mass is 326 g/mol. The first-order valence-electron chi connectivity index (χ1n) is 7.63. The Morgan fingerprint density at radius 1 is 1.41 bits per heavy atom. The summed E-state index contributed by atoms with van der Waals surface area (Å²) in [6.07, 6.45) is 0.798. The van der Waals surface area contributed by atoms with Gasteiger partial charge in [0.1, 0.15) is 6.04 Å². The maximum Gasteiger partial charge on any atom is 0.328 e. The van der Waals surface area contributed by atoms with Crippen molar-refractivity contribution in [1.82, 2.24) is 10.2 Å². The van der Waals surface area contributed by atoms with E-state index in [1.807, 2.05) is 37.1 Å². The largest absolute Gasteiger partial charge is 0.467 e. The third-order valence-corrected chi connectivity index (χ3v) is 4.62. The van der Waals surface area contributed by atoms with Gasteiger partial charge in [0.2, 0.25) is 5.91 Å². The van der Waals surface area contributed by atoms with Gasteiger partial charge in [0.05, 0.1) is 13.7 Å². The number of methoxy groups -OCH3 is 1. The molecule has 0 aliphatic carbocycles. The van der Waals surface area contributed by atoms with Crippen LogP contribution in [0.4, 0.5) is 0 Å². The molecule has 0 aromatic carbocycles. The summed E-state index contributed by atoms with van der Waals surface area (Å²) in [7, 11) is 1.35. The molecule has 124 valence electrons. The third kappa shape index (κ3) is 5.77. The highest BCUT2D eigenvalue weighted by Crippen LogP contribution is 2.12. The molecule has 1 amide bonds. The highest BCUT2D eigenvalue weighted by atomic mass is 32.1. The van der Waals surface area contributed by atoms with Crippen molar-refractivity contribution in [2.75, 3.05) is 20.2 Å². The smallest absolute Gasteiger partial charge is 0.328 e. The van der Waals surface area contributed by atoms with Crippen molar-refractivity contribution < 1.29 is 14.3 Å². The molecule has 5 nitrogen and oxygen atoms in total. The zero-order valence-corrected chi connectivity index (χ0v) is 14.6. The normalized spacial score (nSPS) is 13.7. The Hall–Kier alpha value is -1.40. The van der Waals surface area contributed by atoms with E-state index < -0.39 is 6.04 Å². The van der Waals surface area contributed by atoms with Gasteiger partial charge in [-0.15, -0.1) is 11.3 Å². The predicted octanol–water partition coefficient (Wildman–Crippen LogP) is 2.27. The summed E-state index contributed by atoms with van der Waals surface area (Å²) in [4.78, 5) is 27.3. The number of thiophene rings is 1. The number of nitrogens with zero attached hydrogens (tertiary/aromatic N) is 1. The molecule has 0 aliphatic heterocycles. The van der Waals surface area contributed by atoms with Gasteiger partial charge in [0.25, 0.3) is 0 Å². The highest BCUT2D eigenvalue weighted by Gasteiger charge is 2.27. The summed E-state index contributed by atoms with van der Waals surface area (Å²) in [6.45, 7) is 7.74. The lowest BCUT2D eigenvalue weighted by atomic mass is 9.99. The number of ether oxygens (including phenoxy) is 1. The van der Waals surface area contributed by atoms with E-state index in [9.17, 15) is 9.59 Å². The van der Waals surface area contributed by atoms with E-state index in [0.717, 1.165) is 19.5 Å². The molecule has 0 radical (unpaired) electrons. The van der Waals surface area contributed by atoms with Crippen molar-refractivity contribution in [2.24, 2.45) is 5.92 Å². The molecule has 22 heavy (non-hydrogen) atoms. The number of carbonyl (C=O) groups excluding carboxylic acids is 2. The van der Waals surface area contributed by atoms with Crippen molar-refractivity contribution in [3.8, 4) is 0 Å².